The molecule has 0 spiro atoms. The highest BCUT2D eigenvalue weighted by atomic mass is 79.9. The summed E-state index contributed by atoms with van der Waals surface area (Å²) in [7, 11) is 1.28. The molecule has 2 N–H and O–H groups in total. The zero-order valence-electron chi connectivity index (χ0n) is 11.9. The van der Waals surface area contributed by atoms with E-state index in [1.807, 2.05) is 0 Å². The molecule has 7 nitrogen and oxygen atoms in total. The smallest absolute Gasteiger partial charge is 0.327 e. The Hall–Kier alpha value is -1.41. The Morgan fingerprint density at radius 3 is 3.19 bits per heavy atom. The number of nitrogens with zero attached hydrogens (tertiary/aromatic N) is 2. The van der Waals surface area contributed by atoms with Crippen molar-refractivity contribution in [2.45, 2.75) is 31.8 Å². The van der Waals surface area contributed by atoms with Crippen LogP contribution in [0.4, 0.5) is 5.69 Å². The van der Waals surface area contributed by atoms with E-state index in [1.165, 1.54) is 13.5 Å². The van der Waals surface area contributed by atoms with Crippen LogP contribution >= 0.6 is 15.9 Å². The number of ether oxygens (including phenoxy) is 1. The summed E-state index contributed by atoms with van der Waals surface area (Å²) in [6.45, 7) is 1.69. The molecule has 116 valence electrons. The number of aromatic nitrogens is 2. The molecular formula is C13H19BrN4O3. The third kappa shape index (κ3) is 4.28. The number of nitrogens with one attached hydrogen (secondary N) is 2. The van der Waals surface area contributed by atoms with E-state index in [-0.39, 0.29) is 18.1 Å². The molecule has 1 aliphatic heterocycles. The number of hydrogen-bond acceptors (Lipinski definition) is 6. The van der Waals surface area contributed by atoms with E-state index in [4.69, 9.17) is 0 Å². The summed E-state index contributed by atoms with van der Waals surface area (Å²) in [6.07, 6.45) is 4.91. The van der Waals surface area contributed by atoms with Crippen molar-refractivity contribution in [1.29, 1.82) is 0 Å². The van der Waals surface area contributed by atoms with Crippen LogP contribution in [0.2, 0.25) is 0 Å². The van der Waals surface area contributed by atoms with Crippen LogP contribution in [0.3, 0.4) is 0 Å². The lowest BCUT2D eigenvalue weighted by Gasteiger charge is -2.18. The summed E-state index contributed by atoms with van der Waals surface area (Å²) in [6, 6.07) is 0.265. The lowest BCUT2D eigenvalue weighted by atomic mass is 10.1. The highest BCUT2D eigenvalue weighted by Gasteiger charge is 2.16. The van der Waals surface area contributed by atoms with Crippen LogP contribution in [-0.2, 0) is 16.1 Å². The van der Waals surface area contributed by atoms with Crippen LogP contribution in [0.15, 0.2) is 15.5 Å². The van der Waals surface area contributed by atoms with Gasteiger partial charge in [-0.25, -0.2) is 4.68 Å². The fraction of sp³-hybridized carbons (Fsp3) is 0.615. The summed E-state index contributed by atoms with van der Waals surface area (Å²) in [5, 5.41) is 10.7. The van der Waals surface area contributed by atoms with Crippen molar-refractivity contribution in [1.82, 2.24) is 15.1 Å². The number of methoxy groups -OCH3 is 1. The standard InChI is InChI=1S/C13H19BrN4O3/c1-21-11(19)8-18-13(20)12(14)10(7-16-18)17-9-4-2-3-5-15-6-9/h7,9,15,17H,2-6,8H2,1H3. The first-order valence-corrected chi connectivity index (χ1v) is 7.71. The van der Waals surface area contributed by atoms with Crippen molar-refractivity contribution in [2.24, 2.45) is 0 Å². The summed E-state index contributed by atoms with van der Waals surface area (Å²) >= 11 is 3.28. The van der Waals surface area contributed by atoms with E-state index in [0.29, 0.717) is 10.2 Å². The molecule has 21 heavy (non-hydrogen) atoms. The third-order valence-electron chi connectivity index (χ3n) is 3.40. The van der Waals surface area contributed by atoms with Gasteiger partial charge in [0.2, 0.25) is 0 Å². The van der Waals surface area contributed by atoms with Gasteiger partial charge >= 0.3 is 5.97 Å². The Kier molecular flexibility index (Phi) is 5.75. The Bertz CT molecular complexity index is 553. The first-order valence-electron chi connectivity index (χ1n) is 6.91. The number of carbonyl (C=O) groups excluding carboxylic acids is 1. The molecule has 1 aromatic heterocycles. The summed E-state index contributed by atoms with van der Waals surface area (Å²) in [5.41, 5.74) is 0.293. The van der Waals surface area contributed by atoms with Gasteiger partial charge in [-0.2, -0.15) is 5.10 Å². The van der Waals surface area contributed by atoms with E-state index in [0.717, 1.165) is 30.6 Å². The molecule has 2 heterocycles. The highest BCUT2D eigenvalue weighted by Crippen LogP contribution is 2.19. The zero-order chi connectivity index (χ0) is 15.2. The Morgan fingerprint density at radius 2 is 2.43 bits per heavy atom. The maximum Gasteiger partial charge on any atom is 0.327 e. The zero-order valence-corrected chi connectivity index (χ0v) is 13.5. The number of anilines is 1. The molecule has 0 saturated carbocycles. The minimum absolute atomic E-state index is 0.195. The van der Waals surface area contributed by atoms with Crippen LogP contribution in [-0.4, -0.2) is 42.0 Å². The molecule has 1 fully saturated rings. The lowest BCUT2D eigenvalue weighted by molar-refractivity contribution is -0.141. The fourth-order valence-corrected chi connectivity index (χ4v) is 2.65. The minimum atomic E-state index is -0.509. The van der Waals surface area contributed by atoms with E-state index in [1.54, 1.807) is 6.20 Å². The first-order chi connectivity index (χ1) is 10.1. The summed E-state index contributed by atoms with van der Waals surface area (Å²) in [5.74, 6) is -0.509. The highest BCUT2D eigenvalue weighted by molar-refractivity contribution is 9.10. The predicted molar refractivity (Wildman–Crippen MR) is 82.3 cm³/mol. The van der Waals surface area contributed by atoms with E-state index >= 15 is 0 Å². The monoisotopic (exact) mass is 358 g/mol. The molecule has 2 rings (SSSR count). The van der Waals surface area contributed by atoms with E-state index < -0.39 is 5.97 Å². The average molecular weight is 359 g/mol. The van der Waals surface area contributed by atoms with Gasteiger partial charge in [0.1, 0.15) is 11.0 Å². The topological polar surface area (TPSA) is 85.2 Å². The van der Waals surface area contributed by atoms with Crippen molar-refractivity contribution in [3.8, 4) is 0 Å². The molecule has 0 aromatic carbocycles. The van der Waals surface area contributed by atoms with Gasteiger partial charge in [0.15, 0.2) is 0 Å². The normalized spacial score (nSPS) is 18.9. The molecule has 1 aliphatic rings. The summed E-state index contributed by atoms with van der Waals surface area (Å²) in [4.78, 5) is 23.4. The van der Waals surface area contributed by atoms with Crippen molar-refractivity contribution in [3.63, 3.8) is 0 Å². The average Bonchev–Trinajstić information content (AvgIpc) is 2.75. The minimum Gasteiger partial charge on any atom is -0.468 e. The second kappa shape index (κ2) is 7.56. The maximum atomic E-state index is 12.1. The maximum absolute atomic E-state index is 12.1. The second-order valence-corrected chi connectivity index (χ2v) is 5.75. The van der Waals surface area contributed by atoms with Gasteiger partial charge in [-0.15, -0.1) is 0 Å². The van der Waals surface area contributed by atoms with E-state index in [2.05, 4.69) is 36.4 Å². The van der Waals surface area contributed by atoms with Gasteiger partial charge in [0.05, 0.1) is 19.0 Å². The van der Waals surface area contributed by atoms with Crippen LogP contribution < -0.4 is 16.2 Å². The second-order valence-electron chi connectivity index (χ2n) is 4.95. The molecule has 0 bridgehead atoms. The molecule has 0 aliphatic carbocycles. The van der Waals surface area contributed by atoms with Crippen LogP contribution in [0, 0.1) is 0 Å². The molecule has 1 aromatic rings. The SMILES string of the molecule is COC(=O)Cn1ncc(NC2CCCCNC2)c(Br)c1=O. The fourth-order valence-electron chi connectivity index (χ4n) is 2.23. The van der Waals surface area contributed by atoms with Crippen LogP contribution in [0.25, 0.3) is 0 Å². The van der Waals surface area contributed by atoms with Gasteiger partial charge in [-0.1, -0.05) is 6.42 Å². The number of carbonyl (C=O) groups is 1. The Balaban J connectivity index is 2.12. The van der Waals surface area contributed by atoms with E-state index in [9.17, 15) is 9.59 Å². The molecule has 0 amide bonds. The van der Waals surface area contributed by atoms with Crippen LogP contribution in [0.5, 0.6) is 0 Å². The van der Waals surface area contributed by atoms with Crippen LogP contribution in [0.1, 0.15) is 19.3 Å². The lowest BCUT2D eigenvalue weighted by Crippen LogP contribution is -2.33. The van der Waals surface area contributed by atoms with Gasteiger partial charge < -0.3 is 15.4 Å². The number of esters is 1. The van der Waals surface area contributed by atoms with Gasteiger partial charge in [0.25, 0.3) is 5.56 Å². The van der Waals surface area contributed by atoms with Gasteiger partial charge in [-0.3, -0.25) is 9.59 Å². The molecular weight excluding hydrogens is 340 g/mol. The molecule has 0 radical (unpaired) electrons. The largest absolute Gasteiger partial charge is 0.468 e. The number of rotatable bonds is 4. The Labute approximate surface area is 131 Å². The van der Waals surface area contributed by atoms with Gasteiger partial charge in [-0.05, 0) is 35.3 Å². The molecule has 1 atom stereocenters. The molecule has 1 unspecified atom stereocenters. The molecule has 8 heteroatoms. The number of halogens is 1. The van der Waals surface area contributed by atoms with Crippen molar-refractivity contribution in [3.05, 3.63) is 21.0 Å². The van der Waals surface area contributed by atoms with Crippen molar-refractivity contribution < 1.29 is 9.53 Å². The van der Waals surface area contributed by atoms with Gasteiger partial charge in [0, 0.05) is 12.6 Å². The van der Waals surface area contributed by atoms with Crippen molar-refractivity contribution >= 4 is 27.6 Å². The number of hydrogen-bond donors (Lipinski definition) is 2. The summed E-state index contributed by atoms with van der Waals surface area (Å²) < 4.78 is 5.99. The first kappa shape index (κ1) is 16.0. The third-order valence-corrected chi connectivity index (χ3v) is 4.16. The predicted octanol–water partition coefficient (Wildman–Crippen LogP) is 0.733. The quantitative estimate of drug-likeness (QED) is 0.772. The molecule has 1 saturated heterocycles. The van der Waals surface area contributed by atoms with Crippen molar-refractivity contribution in [2.75, 3.05) is 25.5 Å². The Morgan fingerprint density at radius 1 is 1.62 bits per heavy atom.